The van der Waals surface area contributed by atoms with Crippen molar-refractivity contribution in [1.29, 1.82) is 0 Å². The zero-order chi connectivity index (χ0) is 21.8. The predicted molar refractivity (Wildman–Crippen MR) is 115 cm³/mol. The lowest BCUT2D eigenvalue weighted by Gasteiger charge is -2.27. The highest BCUT2D eigenvalue weighted by Gasteiger charge is 2.31. The minimum atomic E-state index is -0.290. The second-order valence-electron chi connectivity index (χ2n) is 6.96. The van der Waals surface area contributed by atoms with Crippen molar-refractivity contribution in [3.05, 3.63) is 65.9 Å². The number of aromatic nitrogens is 2. The van der Waals surface area contributed by atoms with Crippen LogP contribution < -0.4 is 9.47 Å². The number of carbonyl (C=O) groups is 2. The number of hydrazine groups is 1. The SMILES string of the molecule is COc1ccc(OC)c(C=CC(=O)N2CCCN2C(=O)c2cnnc3ccccc23)c1. The number of carbonyl (C=O) groups excluding carboxylic acids is 2. The molecule has 31 heavy (non-hydrogen) atoms. The molecule has 4 rings (SSSR count). The van der Waals surface area contributed by atoms with Gasteiger partial charge in [-0.2, -0.15) is 10.2 Å². The molecule has 1 fully saturated rings. The van der Waals surface area contributed by atoms with Gasteiger partial charge >= 0.3 is 0 Å². The van der Waals surface area contributed by atoms with Crippen LogP contribution >= 0.6 is 0 Å². The average Bonchev–Trinajstić information content (AvgIpc) is 3.31. The first-order valence-electron chi connectivity index (χ1n) is 9.86. The molecule has 158 valence electrons. The van der Waals surface area contributed by atoms with Gasteiger partial charge in [0.2, 0.25) is 0 Å². The Bertz CT molecular complexity index is 1160. The maximum Gasteiger partial charge on any atom is 0.274 e. The number of fused-ring (bicyclic) bond motifs is 1. The van der Waals surface area contributed by atoms with Gasteiger partial charge in [0.05, 0.1) is 31.5 Å². The zero-order valence-corrected chi connectivity index (χ0v) is 17.3. The summed E-state index contributed by atoms with van der Waals surface area (Å²) in [5.41, 5.74) is 1.76. The number of rotatable bonds is 5. The van der Waals surface area contributed by atoms with Gasteiger partial charge in [-0.25, -0.2) is 10.0 Å². The van der Waals surface area contributed by atoms with Crippen LogP contribution in [0.5, 0.6) is 11.5 Å². The molecule has 0 bridgehead atoms. The first-order chi connectivity index (χ1) is 15.1. The molecule has 1 aliphatic rings. The van der Waals surface area contributed by atoms with Gasteiger partial charge < -0.3 is 9.47 Å². The van der Waals surface area contributed by atoms with Crippen molar-refractivity contribution in [3.63, 3.8) is 0 Å². The largest absolute Gasteiger partial charge is 0.497 e. The fourth-order valence-electron chi connectivity index (χ4n) is 3.59. The van der Waals surface area contributed by atoms with Crippen molar-refractivity contribution in [2.45, 2.75) is 6.42 Å². The molecule has 1 aromatic heterocycles. The van der Waals surface area contributed by atoms with E-state index in [9.17, 15) is 9.59 Å². The maximum absolute atomic E-state index is 13.2. The highest BCUT2D eigenvalue weighted by molar-refractivity contribution is 6.06. The molecule has 0 spiro atoms. The van der Waals surface area contributed by atoms with Crippen molar-refractivity contribution in [2.24, 2.45) is 0 Å². The molecule has 3 aromatic rings. The highest BCUT2D eigenvalue weighted by atomic mass is 16.5. The standard InChI is InChI=1S/C23H22N4O4/c1-30-17-9-10-21(31-2)16(14-17)8-11-22(28)26-12-5-13-27(26)23(29)19-15-24-25-20-7-4-3-6-18(19)20/h3-4,6-11,14-15H,5,12-13H2,1-2H3. The molecule has 1 saturated heterocycles. The van der Waals surface area contributed by atoms with Crippen LogP contribution in [-0.4, -0.2) is 59.3 Å². The Hall–Kier alpha value is -3.94. The molecule has 0 radical (unpaired) electrons. The van der Waals surface area contributed by atoms with Crippen molar-refractivity contribution < 1.29 is 19.1 Å². The van der Waals surface area contributed by atoms with E-state index in [0.717, 1.165) is 0 Å². The van der Waals surface area contributed by atoms with Crippen LogP contribution in [0.2, 0.25) is 0 Å². The maximum atomic E-state index is 13.2. The van der Waals surface area contributed by atoms with Crippen molar-refractivity contribution in [1.82, 2.24) is 20.2 Å². The van der Waals surface area contributed by atoms with E-state index >= 15 is 0 Å². The van der Waals surface area contributed by atoms with E-state index in [4.69, 9.17) is 9.47 Å². The summed E-state index contributed by atoms with van der Waals surface area (Å²) in [5, 5.41) is 11.6. The fraction of sp³-hybridized carbons (Fsp3) is 0.217. The quantitative estimate of drug-likeness (QED) is 0.593. The summed E-state index contributed by atoms with van der Waals surface area (Å²) in [7, 11) is 3.14. The van der Waals surface area contributed by atoms with E-state index < -0.39 is 0 Å². The Kier molecular flexibility index (Phi) is 5.79. The number of amides is 2. The second-order valence-corrected chi connectivity index (χ2v) is 6.96. The van der Waals surface area contributed by atoms with Crippen LogP contribution in [0.15, 0.2) is 54.7 Å². The number of hydrogen-bond donors (Lipinski definition) is 0. The summed E-state index contributed by atoms with van der Waals surface area (Å²) in [4.78, 5) is 26.2. The summed E-state index contributed by atoms with van der Waals surface area (Å²) in [6, 6.07) is 12.7. The predicted octanol–water partition coefficient (Wildman–Crippen LogP) is 2.95. The van der Waals surface area contributed by atoms with Crippen LogP contribution in [-0.2, 0) is 4.79 Å². The number of benzene rings is 2. The molecule has 1 aliphatic heterocycles. The second kappa shape index (κ2) is 8.83. The first-order valence-corrected chi connectivity index (χ1v) is 9.86. The Balaban J connectivity index is 1.58. The Morgan fingerprint density at radius 2 is 1.84 bits per heavy atom. The highest BCUT2D eigenvalue weighted by Crippen LogP contribution is 2.26. The third kappa shape index (κ3) is 4.05. The minimum Gasteiger partial charge on any atom is -0.497 e. The molecular formula is C23H22N4O4. The third-order valence-corrected chi connectivity index (χ3v) is 5.14. The molecule has 8 heteroatoms. The summed E-state index contributed by atoms with van der Waals surface area (Å²) >= 11 is 0. The molecule has 2 heterocycles. The minimum absolute atomic E-state index is 0.274. The van der Waals surface area contributed by atoms with Crippen molar-refractivity contribution in [2.75, 3.05) is 27.3 Å². The van der Waals surface area contributed by atoms with Gasteiger partial charge in [0.25, 0.3) is 11.8 Å². The molecular weight excluding hydrogens is 396 g/mol. The summed E-state index contributed by atoms with van der Waals surface area (Å²) < 4.78 is 10.6. The van der Waals surface area contributed by atoms with Gasteiger partial charge in [0.1, 0.15) is 11.5 Å². The molecule has 2 amide bonds. The van der Waals surface area contributed by atoms with E-state index in [-0.39, 0.29) is 11.8 Å². The number of methoxy groups -OCH3 is 2. The average molecular weight is 418 g/mol. The lowest BCUT2D eigenvalue weighted by molar-refractivity contribution is -0.134. The number of hydrogen-bond acceptors (Lipinski definition) is 6. The number of ether oxygens (including phenoxy) is 2. The number of nitrogens with zero attached hydrogens (tertiary/aromatic N) is 4. The summed E-state index contributed by atoms with van der Waals surface area (Å²) in [6.07, 6.45) is 5.24. The topological polar surface area (TPSA) is 84.9 Å². The zero-order valence-electron chi connectivity index (χ0n) is 17.3. The van der Waals surface area contributed by atoms with Crippen LogP contribution in [0.25, 0.3) is 17.0 Å². The lowest BCUT2D eigenvalue weighted by Crippen LogP contribution is -2.44. The van der Waals surface area contributed by atoms with Gasteiger partial charge in [0.15, 0.2) is 0 Å². The Labute approximate surface area is 179 Å². The lowest BCUT2D eigenvalue weighted by atomic mass is 10.1. The van der Waals surface area contributed by atoms with Gasteiger partial charge in [-0.15, -0.1) is 0 Å². The van der Waals surface area contributed by atoms with Gasteiger partial charge in [-0.3, -0.25) is 9.59 Å². The molecule has 0 aliphatic carbocycles. The molecule has 0 saturated carbocycles. The van der Waals surface area contributed by atoms with E-state index in [0.29, 0.717) is 53.0 Å². The van der Waals surface area contributed by atoms with Crippen molar-refractivity contribution in [3.8, 4) is 11.5 Å². The molecule has 8 nitrogen and oxygen atoms in total. The van der Waals surface area contributed by atoms with Crippen LogP contribution in [0, 0.1) is 0 Å². The third-order valence-electron chi connectivity index (χ3n) is 5.14. The van der Waals surface area contributed by atoms with Gasteiger partial charge in [-0.1, -0.05) is 18.2 Å². The Morgan fingerprint density at radius 3 is 2.65 bits per heavy atom. The summed E-state index contributed by atoms with van der Waals surface area (Å²) in [5.74, 6) is 0.711. The molecule has 0 unspecified atom stereocenters. The molecule has 0 atom stereocenters. The van der Waals surface area contributed by atoms with E-state index in [2.05, 4.69) is 10.2 Å². The molecule has 0 N–H and O–H groups in total. The van der Waals surface area contributed by atoms with E-state index in [1.165, 1.54) is 22.3 Å². The Morgan fingerprint density at radius 1 is 1.03 bits per heavy atom. The van der Waals surface area contributed by atoms with E-state index in [1.54, 1.807) is 44.6 Å². The first kappa shape index (κ1) is 20.3. The van der Waals surface area contributed by atoms with Gasteiger partial charge in [-0.05, 0) is 36.8 Å². The van der Waals surface area contributed by atoms with Crippen molar-refractivity contribution >= 4 is 28.8 Å². The van der Waals surface area contributed by atoms with Gasteiger partial charge in [0, 0.05) is 30.1 Å². The van der Waals surface area contributed by atoms with E-state index in [1.807, 2.05) is 18.2 Å². The monoisotopic (exact) mass is 418 g/mol. The van der Waals surface area contributed by atoms with Crippen LogP contribution in [0.4, 0.5) is 0 Å². The normalized spacial score (nSPS) is 13.7. The van der Waals surface area contributed by atoms with Crippen LogP contribution in [0.1, 0.15) is 22.3 Å². The fourth-order valence-corrected chi connectivity index (χ4v) is 3.59. The smallest absolute Gasteiger partial charge is 0.274 e. The summed E-state index contributed by atoms with van der Waals surface area (Å²) in [6.45, 7) is 0.915. The van der Waals surface area contributed by atoms with Crippen LogP contribution in [0.3, 0.4) is 0 Å². The molecule has 2 aromatic carbocycles.